The van der Waals surface area contributed by atoms with Gasteiger partial charge in [-0.05, 0) is 64.5 Å². The van der Waals surface area contributed by atoms with Gasteiger partial charge in [0.25, 0.3) is 5.91 Å². The summed E-state index contributed by atoms with van der Waals surface area (Å²) in [5.41, 5.74) is 1.46. The van der Waals surface area contributed by atoms with Crippen LogP contribution >= 0.6 is 12.4 Å². The van der Waals surface area contributed by atoms with Crippen molar-refractivity contribution in [3.63, 3.8) is 0 Å². The van der Waals surface area contributed by atoms with Crippen LogP contribution in [0.4, 0.5) is 0 Å². The zero-order chi connectivity index (χ0) is 20.7. The minimum Gasteiger partial charge on any atom is -0.334 e. The fraction of sp³-hybridized carbons (Fsp3) is 0.864. The van der Waals surface area contributed by atoms with Crippen LogP contribution < -0.4 is 5.32 Å². The first kappa shape index (κ1) is 25.9. The summed E-state index contributed by atoms with van der Waals surface area (Å²) in [4.78, 5) is 15.5. The summed E-state index contributed by atoms with van der Waals surface area (Å²) in [6, 6.07) is 0.580. The molecule has 0 saturated carbocycles. The Bertz CT molecular complexity index is 610. The summed E-state index contributed by atoms with van der Waals surface area (Å²) in [5.74, 6) is 1.33. The van der Waals surface area contributed by atoms with Crippen molar-refractivity contribution in [1.29, 1.82) is 0 Å². The van der Waals surface area contributed by atoms with Gasteiger partial charge < -0.3 is 10.2 Å². The van der Waals surface area contributed by atoms with Crippen molar-refractivity contribution in [1.82, 2.24) is 25.2 Å². The van der Waals surface area contributed by atoms with Gasteiger partial charge in [-0.2, -0.15) is 0 Å². The molecule has 1 aliphatic heterocycles. The standard InChI is InChI=1S/C22H41N5O.ClH/c1-16(2)8-7-9-18(5)26(15-12-17(3)4)22(28)21-19(6)27(25-24-21)20-10-13-23-14-11-20;/h16-18,20,23H,7-15H2,1-6H3;1H. The molecular weight excluding hydrogens is 386 g/mol. The molecule has 1 aromatic rings. The van der Waals surface area contributed by atoms with Gasteiger partial charge in [0.2, 0.25) is 0 Å². The molecule has 0 aromatic carbocycles. The molecule has 0 aliphatic carbocycles. The number of carbonyl (C=O) groups is 1. The molecule has 29 heavy (non-hydrogen) atoms. The summed E-state index contributed by atoms with van der Waals surface area (Å²) in [7, 11) is 0. The first-order valence-electron chi connectivity index (χ1n) is 11.2. The lowest BCUT2D eigenvalue weighted by molar-refractivity contribution is 0.0664. The number of rotatable bonds is 10. The zero-order valence-corrected chi connectivity index (χ0v) is 20.1. The predicted octanol–water partition coefficient (Wildman–Crippen LogP) is 4.64. The third-order valence-corrected chi connectivity index (χ3v) is 5.93. The highest BCUT2D eigenvalue weighted by molar-refractivity contribution is 5.93. The van der Waals surface area contributed by atoms with Crippen LogP contribution in [0.2, 0.25) is 0 Å². The summed E-state index contributed by atoms with van der Waals surface area (Å²) in [6.45, 7) is 15.9. The molecule has 1 amide bonds. The fourth-order valence-corrected chi connectivity index (χ4v) is 3.97. The normalized spacial score (nSPS) is 16.1. The van der Waals surface area contributed by atoms with E-state index in [9.17, 15) is 4.79 Å². The molecule has 2 heterocycles. The van der Waals surface area contributed by atoms with Gasteiger partial charge in [-0.25, -0.2) is 4.68 Å². The Labute approximate surface area is 183 Å². The number of halogens is 1. The highest BCUT2D eigenvalue weighted by Gasteiger charge is 2.28. The van der Waals surface area contributed by atoms with Crippen LogP contribution in [0.5, 0.6) is 0 Å². The second-order valence-electron chi connectivity index (χ2n) is 9.30. The van der Waals surface area contributed by atoms with Crippen LogP contribution in [0, 0.1) is 18.8 Å². The van der Waals surface area contributed by atoms with E-state index in [4.69, 9.17) is 0 Å². The van der Waals surface area contributed by atoms with Crippen LogP contribution in [-0.2, 0) is 0 Å². The van der Waals surface area contributed by atoms with Crippen molar-refractivity contribution in [2.45, 2.75) is 92.2 Å². The van der Waals surface area contributed by atoms with Crippen LogP contribution in [0.1, 0.15) is 95.4 Å². The maximum Gasteiger partial charge on any atom is 0.276 e. The average Bonchev–Trinajstić information content (AvgIpc) is 3.03. The first-order chi connectivity index (χ1) is 13.3. The molecule has 0 radical (unpaired) electrons. The van der Waals surface area contributed by atoms with Crippen molar-refractivity contribution < 1.29 is 4.79 Å². The lowest BCUT2D eigenvalue weighted by Gasteiger charge is -2.30. The number of aromatic nitrogens is 3. The molecule has 1 atom stereocenters. The molecule has 0 spiro atoms. The molecular formula is C22H42ClN5O. The number of piperidine rings is 1. The molecule has 2 rings (SSSR count). The lowest BCUT2D eigenvalue weighted by atomic mass is 10.0. The van der Waals surface area contributed by atoms with Crippen molar-refractivity contribution >= 4 is 18.3 Å². The molecule has 7 heteroatoms. The summed E-state index contributed by atoms with van der Waals surface area (Å²) < 4.78 is 1.98. The van der Waals surface area contributed by atoms with Crippen LogP contribution in [-0.4, -0.2) is 51.5 Å². The van der Waals surface area contributed by atoms with Crippen molar-refractivity contribution in [2.24, 2.45) is 11.8 Å². The smallest absolute Gasteiger partial charge is 0.276 e. The number of hydrogen-bond acceptors (Lipinski definition) is 4. The van der Waals surface area contributed by atoms with Crippen molar-refractivity contribution in [3.8, 4) is 0 Å². The number of carbonyl (C=O) groups excluding carboxylic acids is 1. The van der Waals surface area contributed by atoms with E-state index in [1.807, 2.05) is 16.5 Å². The number of hydrogen-bond donors (Lipinski definition) is 1. The molecule has 1 aromatic heterocycles. The minimum absolute atomic E-state index is 0. The van der Waals surface area contributed by atoms with Crippen molar-refractivity contribution in [3.05, 3.63) is 11.4 Å². The summed E-state index contributed by atoms with van der Waals surface area (Å²) in [5, 5.41) is 12.1. The van der Waals surface area contributed by atoms with Crippen LogP contribution in [0.25, 0.3) is 0 Å². The SMILES string of the molecule is Cc1c(C(=O)N(CCC(C)C)C(C)CCCC(C)C)nnn1C1CCNCC1.Cl. The Hall–Kier alpha value is -1.14. The van der Waals surface area contributed by atoms with Gasteiger partial charge >= 0.3 is 0 Å². The average molecular weight is 428 g/mol. The van der Waals surface area contributed by atoms with E-state index in [-0.39, 0.29) is 24.4 Å². The first-order valence-corrected chi connectivity index (χ1v) is 11.2. The van der Waals surface area contributed by atoms with E-state index in [1.54, 1.807) is 0 Å². The predicted molar refractivity (Wildman–Crippen MR) is 122 cm³/mol. The van der Waals surface area contributed by atoms with E-state index in [1.165, 1.54) is 6.42 Å². The van der Waals surface area contributed by atoms with Gasteiger partial charge in [-0.1, -0.05) is 45.7 Å². The lowest BCUT2D eigenvalue weighted by Crippen LogP contribution is -2.40. The molecule has 1 saturated heterocycles. The highest BCUT2D eigenvalue weighted by atomic mass is 35.5. The van der Waals surface area contributed by atoms with Gasteiger partial charge in [0.1, 0.15) is 0 Å². The Balaban J connectivity index is 0.00000420. The second-order valence-corrected chi connectivity index (χ2v) is 9.30. The molecule has 1 N–H and O–H groups in total. The molecule has 1 fully saturated rings. The molecule has 6 nitrogen and oxygen atoms in total. The van der Waals surface area contributed by atoms with Gasteiger partial charge in [0, 0.05) is 12.6 Å². The number of nitrogens with one attached hydrogen (secondary N) is 1. The Kier molecular flexibility index (Phi) is 11.2. The molecule has 168 valence electrons. The van der Waals surface area contributed by atoms with E-state index < -0.39 is 0 Å². The van der Waals surface area contributed by atoms with Gasteiger partial charge in [0.15, 0.2) is 5.69 Å². The minimum atomic E-state index is 0. The third kappa shape index (κ3) is 7.56. The monoisotopic (exact) mass is 427 g/mol. The largest absolute Gasteiger partial charge is 0.334 e. The number of nitrogens with zero attached hydrogens (tertiary/aromatic N) is 4. The third-order valence-electron chi connectivity index (χ3n) is 5.93. The van der Waals surface area contributed by atoms with Gasteiger partial charge in [-0.3, -0.25) is 4.79 Å². The Morgan fingerprint density at radius 2 is 1.72 bits per heavy atom. The zero-order valence-electron chi connectivity index (χ0n) is 19.3. The van der Waals surface area contributed by atoms with E-state index in [0.29, 0.717) is 23.6 Å². The van der Waals surface area contributed by atoms with Crippen LogP contribution in [0.15, 0.2) is 0 Å². The van der Waals surface area contributed by atoms with Gasteiger partial charge in [0.05, 0.1) is 11.7 Å². The molecule has 1 aliphatic rings. The second kappa shape index (κ2) is 12.5. The van der Waals surface area contributed by atoms with E-state index >= 15 is 0 Å². The van der Waals surface area contributed by atoms with Crippen LogP contribution in [0.3, 0.4) is 0 Å². The maximum absolute atomic E-state index is 13.4. The van der Waals surface area contributed by atoms with Crippen molar-refractivity contribution in [2.75, 3.05) is 19.6 Å². The van der Waals surface area contributed by atoms with E-state index in [2.05, 4.69) is 50.2 Å². The maximum atomic E-state index is 13.4. The number of amides is 1. The summed E-state index contributed by atoms with van der Waals surface area (Å²) >= 11 is 0. The summed E-state index contributed by atoms with van der Waals surface area (Å²) in [6.07, 6.45) is 6.51. The quantitative estimate of drug-likeness (QED) is 0.590. The Morgan fingerprint density at radius 1 is 1.10 bits per heavy atom. The Morgan fingerprint density at radius 3 is 2.31 bits per heavy atom. The molecule has 0 bridgehead atoms. The highest BCUT2D eigenvalue weighted by Crippen LogP contribution is 2.22. The van der Waals surface area contributed by atoms with E-state index in [0.717, 1.165) is 57.4 Å². The fourth-order valence-electron chi connectivity index (χ4n) is 3.97. The molecule has 1 unspecified atom stereocenters. The topological polar surface area (TPSA) is 63.1 Å². The van der Waals surface area contributed by atoms with Gasteiger partial charge in [-0.15, -0.1) is 17.5 Å².